The topological polar surface area (TPSA) is 176 Å². The van der Waals surface area contributed by atoms with Crippen molar-refractivity contribution in [1.82, 2.24) is 25.9 Å². The predicted molar refractivity (Wildman–Crippen MR) is 266 cm³/mol. The van der Waals surface area contributed by atoms with Crippen molar-refractivity contribution in [2.24, 2.45) is 5.73 Å². The molecule has 0 unspecified atom stereocenters. The second kappa shape index (κ2) is 31.9. The van der Waals surface area contributed by atoms with Crippen LogP contribution in [-0.4, -0.2) is 75.6 Å². The molecule has 6 aromatic rings. The number of aromatic nitrogens is 2. The Morgan fingerprint density at radius 3 is 1.60 bits per heavy atom. The van der Waals surface area contributed by atoms with Gasteiger partial charge in [-0.1, -0.05) is 97.1 Å². The monoisotopic (exact) mass is 939 g/mol. The van der Waals surface area contributed by atoms with Gasteiger partial charge in [-0.25, -0.2) is 0 Å². The average Bonchev–Trinajstić information content (AvgIpc) is 3.34. The largest absolute Gasteiger partial charge is 0.481 e. The number of carbonyl (C=O) groups excluding carboxylic acids is 3. The van der Waals surface area contributed by atoms with Gasteiger partial charge in [-0.3, -0.25) is 18.8 Å². The molecule has 358 valence electrons. The summed E-state index contributed by atoms with van der Waals surface area (Å²) in [6.07, 6.45) is 1.57. The molecule has 15 heteroatoms. The number of benzene rings is 4. The van der Waals surface area contributed by atoms with Crippen LogP contribution in [0, 0.1) is 13.8 Å². The van der Waals surface area contributed by atoms with Gasteiger partial charge in [0, 0.05) is 57.7 Å². The van der Waals surface area contributed by atoms with Gasteiger partial charge in [-0.2, -0.15) is 9.97 Å². The fourth-order valence-electron chi connectivity index (χ4n) is 6.37. The highest BCUT2D eigenvalue weighted by atomic mass is 35.5. The minimum atomic E-state index is -1.00. The first-order valence-electron chi connectivity index (χ1n) is 22.0. The molecule has 6 rings (SSSR count). The van der Waals surface area contributed by atoms with Crippen molar-refractivity contribution < 1.29 is 39.1 Å². The molecule has 2 heterocycles. The van der Waals surface area contributed by atoms with Gasteiger partial charge in [0.2, 0.25) is 35.3 Å². The Morgan fingerprint density at radius 2 is 1.13 bits per heavy atom. The van der Waals surface area contributed by atoms with Crippen LogP contribution in [0.2, 0.25) is 0 Å². The van der Waals surface area contributed by atoms with E-state index in [1.165, 1.54) is 54.3 Å². The number of halogens is 2. The van der Waals surface area contributed by atoms with Gasteiger partial charge in [0.15, 0.2) is 6.29 Å². The zero-order chi connectivity index (χ0) is 48.8. The second-order valence-electron chi connectivity index (χ2n) is 14.5. The Morgan fingerprint density at radius 1 is 0.657 bits per heavy atom. The molecule has 0 aliphatic rings. The molecule has 0 atom stereocenters. The van der Waals surface area contributed by atoms with Crippen molar-refractivity contribution in [1.29, 1.82) is 0 Å². The van der Waals surface area contributed by atoms with Gasteiger partial charge in [0.25, 0.3) is 0 Å². The molecule has 0 radical (unpaired) electrons. The number of rotatable bonds is 19. The first kappa shape index (κ1) is 54.5. The van der Waals surface area contributed by atoms with Crippen molar-refractivity contribution >= 4 is 30.5 Å². The summed E-state index contributed by atoms with van der Waals surface area (Å²) >= 11 is 0. The first-order valence-corrected chi connectivity index (χ1v) is 21.3. The Balaban J connectivity index is 0.000000383. The van der Waals surface area contributed by atoms with E-state index in [4.69, 9.17) is 26.1 Å². The number of nitrogens with zero attached hydrogens (tertiary/aromatic N) is 2. The second-order valence-corrected chi connectivity index (χ2v) is 14.5. The molecule has 4 aromatic carbocycles. The van der Waals surface area contributed by atoms with Gasteiger partial charge >= 0.3 is 0 Å². The molecule has 13 nitrogen and oxygen atoms in total. The molecule has 0 saturated heterocycles. The van der Waals surface area contributed by atoms with Crippen LogP contribution in [-0.2, 0) is 29.3 Å². The van der Waals surface area contributed by atoms with Crippen molar-refractivity contribution in [3.8, 4) is 45.8 Å². The van der Waals surface area contributed by atoms with Gasteiger partial charge in [0.05, 0.1) is 28.3 Å². The van der Waals surface area contributed by atoms with Crippen LogP contribution >= 0.6 is 12.4 Å². The Kier molecular flexibility index (Phi) is 25.9. The Labute approximate surface area is 401 Å². The molecule has 0 spiro atoms. The summed E-state index contributed by atoms with van der Waals surface area (Å²) in [4.78, 5) is 40.7. The minimum absolute atomic E-state index is 0. The smallest absolute Gasteiger partial charge is 0.227 e. The van der Waals surface area contributed by atoms with Gasteiger partial charge in [-0.05, 0) is 83.5 Å². The third kappa shape index (κ3) is 19.2. The van der Waals surface area contributed by atoms with Crippen LogP contribution in [0.4, 0.5) is 4.39 Å². The molecule has 2 amide bonds. The van der Waals surface area contributed by atoms with E-state index in [1.54, 1.807) is 19.2 Å². The quantitative estimate of drug-likeness (QED) is 0.0451. The van der Waals surface area contributed by atoms with E-state index >= 15 is 0 Å². The van der Waals surface area contributed by atoms with Crippen LogP contribution in [0.1, 0.15) is 59.8 Å². The molecule has 0 aliphatic heterocycles. The van der Waals surface area contributed by atoms with E-state index in [0.717, 1.165) is 23.1 Å². The number of hydrogen-bond donors (Lipinski definition) is 4. The van der Waals surface area contributed by atoms with E-state index in [9.17, 15) is 18.8 Å². The summed E-state index contributed by atoms with van der Waals surface area (Å²) in [6.45, 7) is 11.2. The molecule has 2 aromatic heterocycles. The molecule has 0 saturated carbocycles. The van der Waals surface area contributed by atoms with Crippen molar-refractivity contribution in [3.05, 3.63) is 155 Å². The standard InChI is InChI=1S/C25H29N3O3.C21H19NO3.C5H12N2O.CH3F.ClH/c1-18-22(10-7-11-23(18)20-8-5-4-6-9-20)17-31-24-13-12-21(25(28-24)30-3)16-26-14-15-27-19(2)29;1-15-18(9-6-10-19(15)16-7-4-3-5-8-16)14-25-20-12-11-17(13-23)21(22-20)24-2;1-5(8)7-4-2-3-6;1-2;/h4-13,26H,14-17H2,1-3H3,(H,27,29);3-13H,14H2,1-2H3;2-4,6H2,1H3,(H,7,8);1H3;1H/i;;;1D;. The third-order valence-corrected chi connectivity index (χ3v) is 9.85. The Bertz CT molecular complexity index is 2420. The van der Waals surface area contributed by atoms with Gasteiger partial charge < -0.3 is 40.6 Å². The fourth-order valence-corrected chi connectivity index (χ4v) is 6.37. The molecular formula is C52H64ClFN6O7. The lowest BCUT2D eigenvalue weighted by Gasteiger charge is -2.14. The van der Waals surface area contributed by atoms with Crippen LogP contribution in [0.15, 0.2) is 121 Å². The number of carbonyl (C=O) groups is 3. The summed E-state index contributed by atoms with van der Waals surface area (Å²) in [5.41, 5.74) is 15.8. The lowest BCUT2D eigenvalue weighted by molar-refractivity contribution is -0.119. The summed E-state index contributed by atoms with van der Waals surface area (Å²) in [5.74, 6) is 1.71. The van der Waals surface area contributed by atoms with Crippen molar-refractivity contribution in [3.63, 3.8) is 0 Å². The highest BCUT2D eigenvalue weighted by molar-refractivity contribution is 5.85. The predicted octanol–water partition coefficient (Wildman–Crippen LogP) is 8.81. The number of aldehydes is 1. The lowest BCUT2D eigenvalue weighted by atomic mass is 9.97. The Hall–Kier alpha value is -6.87. The zero-order valence-corrected chi connectivity index (χ0v) is 39.9. The van der Waals surface area contributed by atoms with Crippen molar-refractivity contribution in [2.45, 2.75) is 53.9 Å². The molecule has 0 aliphatic carbocycles. The fraction of sp³-hybridized carbons (Fsp3) is 0.288. The van der Waals surface area contributed by atoms with E-state index in [2.05, 4.69) is 88.3 Å². The molecule has 67 heavy (non-hydrogen) atoms. The van der Waals surface area contributed by atoms with E-state index < -0.39 is 7.15 Å². The normalized spacial score (nSPS) is 10.1. The summed E-state index contributed by atoms with van der Waals surface area (Å²) in [7, 11) is 2.08. The number of ether oxygens (including phenoxy) is 4. The number of pyridine rings is 2. The maximum atomic E-state index is 10.9. The van der Waals surface area contributed by atoms with E-state index in [-0.39, 0.29) is 30.1 Å². The number of hydrogen-bond acceptors (Lipinski definition) is 11. The minimum Gasteiger partial charge on any atom is -0.481 e. The summed E-state index contributed by atoms with van der Waals surface area (Å²) < 4.78 is 37.8. The summed E-state index contributed by atoms with van der Waals surface area (Å²) in [6, 6.07) is 40.1. The van der Waals surface area contributed by atoms with Crippen LogP contribution < -0.4 is 40.6 Å². The van der Waals surface area contributed by atoms with E-state index in [0.29, 0.717) is 75.4 Å². The number of alkyl halides is 1. The molecule has 5 N–H and O–H groups in total. The van der Waals surface area contributed by atoms with Crippen molar-refractivity contribution in [2.75, 3.05) is 47.6 Å². The maximum Gasteiger partial charge on any atom is 0.227 e. The molecule has 0 bridgehead atoms. The van der Waals surface area contributed by atoms with Gasteiger partial charge in [-0.15, -0.1) is 12.4 Å². The van der Waals surface area contributed by atoms with Crippen LogP contribution in [0.25, 0.3) is 22.3 Å². The maximum absolute atomic E-state index is 10.9. The van der Waals surface area contributed by atoms with Gasteiger partial charge in [0.1, 0.15) is 13.2 Å². The lowest BCUT2D eigenvalue weighted by Crippen LogP contribution is -2.30. The number of nitrogens with one attached hydrogen (secondary N) is 3. The molecular weight excluding hydrogens is 875 g/mol. The van der Waals surface area contributed by atoms with Crippen LogP contribution in [0.3, 0.4) is 0 Å². The third-order valence-electron chi connectivity index (χ3n) is 9.85. The van der Waals surface area contributed by atoms with E-state index in [1.807, 2.05) is 60.7 Å². The molecule has 0 fully saturated rings. The van der Waals surface area contributed by atoms with Crippen LogP contribution in [0.5, 0.6) is 23.5 Å². The summed E-state index contributed by atoms with van der Waals surface area (Å²) in [5, 5.41) is 8.64. The average molecular weight is 941 g/mol. The SMILES string of the molecule is CC(=O)NCCCN.COc1nc(OCc2cccc(-c3ccccc3)c2C)ccc1C=O.COc1nc(OCc2cccc(-c3ccccc3)c2C)ccc1CNCCNC(C)=O.Cl.[2H]CF. The number of methoxy groups -OCH3 is 2. The number of amides is 2. The zero-order valence-electron chi connectivity index (χ0n) is 40.1. The highest BCUT2D eigenvalue weighted by Crippen LogP contribution is 2.28. The highest BCUT2D eigenvalue weighted by Gasteiger charge is 2.12. The first-order chi connectivity index (χ1) is 32.5. The number of nitrogens with two attached hydrogens (primary N) is 1.